The third-order valence-corrected chi connectivity index (χ3v) is 5.32. The molecule has 3 nitrogen and oxygen atoms in total. The highest BCUT2D eigenvalue weighted by atomic mass is 79.9. The van der Waals surface area contributed by atoms with Gasteiger partial charge in [0, 0.05) is 22.1 Å². The van der Waals surface area contributed by atoms with Crippen LogP contribution in [-0.2, 0) is 16.0 Å². The van der Waals surface area contributed by atoms with Crippen molar-refractivity contribution in [2.75, 3.05) is 18.5 Å². The van der Waals surface area contributed by atoms with Gasteiger partial charge in [0.25, 0.3) is 0 Å². The topological polar surface area (TPSA) is 38.3 Å². The molecule has 1 amide bonds. The van der Waals surface area contributed by atoms with Crippen molar-refractivity contribution in [3.63, 3.8) is 0 Å². The average molecular weight is 345 g/mol. The lowest BCUT2D eigenvalue weighted by molar-refractivity contribution is -0.115. The Bertz CT molecular complexity index is 514. The largest absolute Gasteiger partial charge is 0.381 e. The minimum Gasteiger partial charge on any atom is -0.381 e. The van der Waals surface area contributed by atoms with Crippen LogP contribution < -0.4 is 5.32 Å². The fraction of sp³-hybridized carbons (Fsp3) is 0.500. The van der Waals surface area contributed by atoms with Gasteiger partial charge in [-0.2, -0.15) is 0 Å². The predicted octanol–water partition coefficient (Wildman–Crippen LogP) is 3.70. The summed E-state index contributed by atoms with van der Waals surface area (Å²) in [6.07, 6.45) is 2.68. The first-order valence-corrected chi connectivity index (χ1v) is 7.78. The van der Waals surface area contributed by atoms with E-state index < -0.39 is 0 Å². The Balaban J connectivity index is 1.88. The van der Waals surface area contributed by atoms with E-state index >= 15 is 0 Å². The number of anilines is 1. The molecule has 19 heavy (non-hydrogen) atoms. The number of ether oxygens (including phenoxy) is 1. The quantitative estimate of drug-likeness (QED) is 0.831. The summed E-state index contributed by atoms with van der Waals surface area (Å²) >= 11 is 10.1. The van der Waals surface area contributed by atoms with Crippen LogP contribution in [0, 0.1) is 5.92 Å². The molecule has 0 aromatic heterocycles. The van der Waals surface area contributed by atoms with Crippen LogP contribution >= 0.6 is 27.5 Å². The molecule has 0 saturated carbocycles. The molecule has 2 heterocycles. The minimum atomic E-state index is 0.0374. The summed E-state index contributed by atoms with van der Waals surface area (Å²) < 4.78 is 5.53. The molecule has 2 atom stereocenters. The van der Waals surface area contributed by atoms with Gasteiger partial charge < -0.3 is 10.1 Å². The van der Waals surface area contributed by atoms with Gasteiger partial charge in [-0.3, -0.25) is 4.79 Å². The van der Waals surface area contributed by atoms with E-state index in [1.165, 1.54) is 0 Å². The van der Waals surface area contributed by atoms with Crippen LogP contribution in [0.3, 0.4) is 0 Å². The zero-order valence-corrected chi connectivity index (χ0v) is 12.8. The molecule has 102 valence electrons. The molecule has 1 N–H and O–H groups in total. The Labute approximate surface area is 125 Å². The second kappa shape index (κ2) is 5.43. The summed E-state index contributed by atoms with van der Waals surface area (Å²) in [4.78, 5) is 11.6. The van der Waals surface area contributed by atoms with Gasteiger partial charge in [0.05, 0.1) is 13.0 Å². The predicted molar refractivity (Wildman–Crippen MR) is 79.0 cm³/mol. The maximum Gasteiger partial charge on any atom is 0.228 e. The number of rotatable bonds is 2. The Morgan fingerprint density at radius 1 is 1.47 bits per heavy atom. The molecule has 0 spiro atoms. The highest BCUT2D eigenvalue weighted by Gasteiger charge is 2.27. The number of benzene rings is 1. The van der Waals surface area contributed by atoms with E-state index in [9.17, 15) is 4.79 Å². The van der Waals surface area contributed by atoms with Crippen molar-refractivity contribution in [1.82, 2.24) is 0 Å². The number of fused-ring (bicyclic) bond motifs is 1. The SMILES string of the molecule is O=C1Cc2cc(C(Br)C3CCCOC3)c(Cl)cc2N1. The molecule has 5 heteroatoms. The Morgan fingerprint density at radius 2 is 2.32 bits per heavy atom. The molecule has 0 bridgehead atoms. The van der Waals surface area contributed by atoms with Crippen molar-refractivity contribution in [1.29, 1.82) is 0 Å². The number of halogens is 2. The van der Waals surface area contributed by atoms with Crippen LogP contribution in [0.2, 0.25) is 5.02 Å². The van der Waals surface area contributed by atoms with Gasteiger partial charge in [-0.25, -0.2) is 0 Å². The molecule has 1 fully saturated rings. The van der Waals surface area contributed by atoms with E-state index in [1.807, 2.05) is 12.1 Å². The van der Waals surface area contributed by atoms with E-state index in [4.69, 9.17) is 16.3 Å². The van der Waals surface area contributed by atoms with E-state index in [-0.39, 0.29) is 10.7 Å². The third-order valence-electron chi connectivity index (χ3n) is 3.75. The summed E-state index contributed by atoms with van der Waals surface area (Å²) in [5.41, 5.74) is 2.94. The molecule has 0 aliphatic carbocycles. The second-order valence-corrected chi connectivity index (χ2v) is 6.53. The number of amides is 1. The van der Waals surface area contributed by atoms with Crippen LogP contribution in [0.15, 0.2) is 12.1 Å². The van der Waals surface area contributed by atoms with Crippen LogP contribution in [0.1, 0.15) is 28.8 Å². The first-order chi connectivity index (χ1) is 9.15. The number of carbonyl (C=O) groups excluding carboxylic acids is 1. The minimum absolute atomic E-state index is 0.0374. The van der Waals surface area contributed by atoms with Crippen LogP contribution in [0.4, 0.5) is 5.69 Å². The number of alkyl halides is 1. The number of carbonyl (C=O) groups is 1. The lowest BCUT2D eigenvalue weighted by Crippen LogP contribution is -2.21. The fourth-order valence-corrected chi connectivity index (χ4v) is 3.94. The maximum atomic E-state index is 11.4. The fourth-order valence-electron chi connectivity index (χ4n) is 2.73. The van der Waals surface area contributed by atoms with Crippen molar-refractivity contribution < 1.29 is 9.53 Å². The summed E-state index contributed by atoms with van der Waals surface area (Å²) in [6.45, 7) is 1.62. The first-order valence-electron chi connectivity index (χ1n) is 6.49. The number of nitrogens with one attached hydrogen (secondary N) is 1. The van der Waals surface area contributed by atoms with Crippen LogP contribution in [0.25, 0.3) is 0 Å². The van der Waals surface area contributed by atoms with Crippen molar-refractivity contribution in [3.05, 3.63) is 28.3 Å². The normalized spacial score (nSPS) is 23.9. The van der Waals surface area contributed by atoms with Gasteiger partial charge in [0.1, 0.15) is 0 Å². The van der Waals surface area contributed by atoms with Gasteiger partial charge in [-0.1, -0.05) is 33.6 Å². The van der Waals surface area contributed by atoms with E-state index in [2.05, 4.69) is 21.2 Å². The second-order valence-electron chi connectivity index (χ2n) is 5.13. The highest BCUT2D eigenvalue weighted by molar-refractivity contribution is 9.09. The Hall–Kier alpha value is -0.580. The lowest BCUT2D eigenvalue weighted by Gasteiger charge is -2.27. The van der Waals surface area contributed by atoms with Gasteiger partial charge in [-0.15, -0.1) is 0 Å². The van der Waals surface area contributed by atoms with E-state index in [1.54, 1.807) is 0 Å². The number of hydrogen-bond acceptors (Lipinski definition) is 2. The zero-order chi connectivity index (χ0) is 13.4. The Kier molecular flexibility index (Phi) is 3.83. The summed E-state index contributed by atoms with van der Waals surface area (Å²) in [7, 11) is 0. The maximum absolute atomic E-state index is 11.4. The molecule has 2 aliphatic rings. The van der Waals surface area contributed by atoms with Crippen molar-refractivity contribution in [3.8, 4) is 0 Å². The lowest BCUT2D eigenvalue weighted by atomic mass is 9.93. The van der Waals surface area contributed by atoms with Gasteiger partial charge >= 0.3 is 0 Å². The van der Waals surface area contributed by atoms with E-state index in [0.29, 0.717) is 17.4 Å². The summed E-state index contributed by atoms with van der Waals surface area (Å²) in [5.74, 6) is 0.477. The summed E-state index contributed by atoms with van der Waals surface area (Å²) in [6, 6.07) is 3.90. The summed E-state index contributed by atoms with van der Waals surface area (Å²) in [5, 5.41) is 3.52. The highest BCUT2D eigenvalue weighted by Crippen LogP contribution is 2.41. The molecule has 1 aromatic carbocycles. The molecular formula is C14H15BrClNO2. The average Bonchev–Trinajstić information content (AvgIpc) is 2.77. The van der Waals surface area contributed by atoms with Crippen molar-refractivity contribution >= 4 is 39.1 Å². The van der Waals surface area contributed by atoms with Gasteiger partial charge in [0.2, 0.25) is 5.91 Å². The van der Waals surface area contributed by atoms with Crippen LogP contribution in [-0.4, -0.2) is 19.1 Å². The Morgan fingerprint density at radius 3 is 3.05 bits per heavy atom. The molecule has 3 rings (SSSR count). The number of hydrogen-bond donors (Lipinski definition) is 1. The molecular weight excluding hydrogens is 330 g/mol. The molecule has 1 saturated heterocycles. The van der Waals surface area contributed by atoms with Crippen molar-refractivity contribution in [2.24, 2.45) is 5.92 Å². The van der Waals surface area contributed by atoms with Crippen molar-refractivity contribution in [2.45, 2.75) is 24.1 Å². The van der Waals surface area contributed by atoms with Gasteiger partial charge in [-0.05, 0) is 36.0 Å². The smallest absolute Gasteiger partial charge is 0.228 e. The van der Waals surface area contributed by atoms with Crippen LogP contribution in [0.5, 0.6) is 0 Å². The van der Waals surface area contributed by atoms with E-state index in [0.717, 1.165) is 42.9 Å². The monoisotopic (exact) mass is 343 g/mol. The standard InChI is InChI=1S/C14H15BrClNO2/c15-14(8-2-1-3-19-7-8)10-4-9-5-13(18)17-12(9)6-11(10)16/h4,6,8,14H,1-3,5,7H2,(H,17,18). The third kappa shape index (κ3) is 2.67. The van der Waals surface area contributed by atoms with Gasteiger partial charge in [0.15, 0.2) is 0 Å². The molecule has 1 aromatic rings. The molecule has 2 unspecified atom stereocenters. The molecule has 2 aliphatic heterocycles. The zero-order valence-electron chi connectivity index (χ0n) is 10.4. The molecule has 0 radical (unpaired) electrons. The first kappa shape index (κ1) is 13.4.